The van der Waals surface area contributed by atoms with Gasteiger partial charge in [0.25, 0.3) is 0 Å². The molecule has 1 rings (SSSR count). The summed E-state index contributed by atoms with van der Waals surface area (Å²) < 4.78 is 17.8. The highest BCUT2D eigenvalue weighted by molar-refractivity contribution is 6.74. The highest BCUT2D eigenvalue weighted by Gasteiger charge is 2.38. The van der Waals surface area contributed by atoms with Crippen molar-refractivity contribution in [3.63, 3.8) is 0 Å². The zero-order valence-corrected chi connectivity index (χ0v) is 18.8. The molecule has 0 amide bonds. The summed E-state index contributed by atoms with van der Waals surface area (Å²) in [6, 6.07) is 7.90. The van der Waals surface area contributed by atoms with Crippen LogP contribution in [0.15, 0.2) is 24.3 Å². The second-order valence-corrected chi connectivity index (χ2v) is 13.6. The molecule has 0 fully saturated rings. The summed E-state index contributed by atoms with van der Waals surface area (Å²) in [5.41, 5.74) is 1.10. The number of rotatable bonds is 10. The van der Waals surface area contributed by atoms with E-state index in [2.05, 4.69) is 40.8 Å². The quantitative estimate of drug-likeness (QED) is 0.587. The van der Waals surface area contributed by atoms with Gasteiger partial charge in [-0.25, -0.2) is 0 Å². The van der Waals surface area contributed by atoms with Crippen molar-refractivity contribution in [2.45, 2.75) is 65.5 Å². The molecule has 0 saturated carbocycles. The van der Waals surface area contributed by atoms with Gasteiger partial charge in [-0.05, 0) is 35.8 Å². The van der Waals surface area contributed by atoms with E-state index < -0.39 is 8.32 Å². The van der Waals surface area contributed by atoms with Crippen LogP contribution in [0.3, 0.4) is 0 Å². The Morgan fingerprint density at radius 2 is 1.62 bits per heavy atom. The van der Waals surface area contributed by atoms with Crippen molar-refractivity contribution in [3.8, 4) is 5.75 Å². The Balaban J connectivity index is 2.70. The molecule has 0 radical (unpaired) electrons. The fourth-order valence-electron chi connectivity index (χ4n) is 2.56. The average molecular weight is 383 g/mol. The number of methoxy groups -OCH3 is 1. The summed E-state index contributed by atoms with van der Waals surface area (Å²) in [6.45, 7) is 16.7. The van der Waals surface area contributed by atoms with E-state index in [4.69, 9.17) is 13.9 Å². The van der Waals surface area contributed by atoms with Gasteiger partial charge in [-0.3, -0.25) is 0 Å². The number of hydrogen-bond acceptors (Lipinski definition) is 4. The monoisotopic (exact) mass is 382 g/mol. The zero-order chi connectivity index (χ0) is 20.0. The van der Waals surface area contributed by atoms with Gasteiger partial charge in [0.15, 0.2) is 8.32 Å². The van der Waals surface area contributed by atoms with Crippen LogP contribution >= 0.6 is 0 Å². The molecule has 4 nitrogen and oxygen atoms in total. The van der Waals surface area contributed by atoms with E-state index in [-0.39, 0.29) is 29.6 Å². The van der Waals surface area contributed by atoms with Gasteiger partial charge in [0.1, 0.15) is 5.75 Å². The summed E-state index contributed by atoms with van der Waals surface area (Å²) in [5.74, 6) is 1.11. The molecule has 0 aliphatic heterocycles. The van der Waals surface area contributed by atoms with Gasteiger partial charge in [-0.15, -0.1) is 0 Å². The van der Waals surface area contributed by atoms with E-state index in [1.807, 2.05) is 31.2 Å². The molecule has 1 aromatic carbocycles. The van der Waals surface area contributed by atoms with Crippen LogP contribution in [-0.4, -0.2) is 39.9 Å². The van der Waals surface area contributed by atoms with Gasteiger partial charge in [0.05, 0.1) is 19.8 Å². The molecule has 5 heteroatoms. The van der Waals surface area contributed by atoms with Gasteiger partial charge in [0.2, 0.25) is 0 Å². The van der Waals surface area contributed by atoms with Crippen LogP contribution in [0, 0.1) is 11.8 Å². The van der Waals surface area contributed by atoms with Gasteiger partial charge < -0.3 is 19.0 Å². The van der Waals surface area contributed by atoms with Gasteiger partial charge in [-0.2, -0.15) is 0 Å². The molecular weight excluding hydrogens is 344 g/mol. The molecule has 0 aliphatic rings. The maximum absolute atomic E-state index is 9.65. The Morgan fingerprint density at radius 1 is 1.04 bits per heavy atom. The highest BCUT2D eigenvalue weighted by atomic mass is 28.4. The highest BCUT2D eigenvalue weighted by Crippen LogP contribution is 2.37. The summed E-state index contributed by atoms with van der Waals surface area (Å²) in [4.78, 5) is 0. The van der Waals surface area contributed by atoms with Crippen LogP contribution in [0.4, 0.5) is 0 Å². The Kier molecular flexibility index (Phi) is 8.80. The Hall–Kier alpha value is -0.883. The van der Waals surface area contributed by atoms with E-state index in [0.29, 0.717) is 13.2 Å². The van der Waals surface area contributed by atoms with E-state index in [1.54, 1.807) is 7.11 Å². The van der Waals surface area contributed by atoms with Crippen molar-refractivity contribution < 1.29 is 19.0 Å². The normalized spacial score (nSPS) is 16.2. The van der Waals surface area contributed by atoms with Crippen LogP contribution in [-0.2, 0) is 15.8 Å². The zero-order valence-electron chi connectivity index (χ0n) is 17.8. The molecule has 0 spiro atoms. The van der Waals surface area contributed by atoms with Crippen molar-refractivity contribution in [1.29, 1.82) is 0 Å². The number of ether oxygens (including phenoxy) is 2. The lowest BCUT2D eigenvalue weighted by Crippen LogP contribution is -2.43. The first-order valence-corrected chi connectivity index (χ1v) is 12.4. The molecular formula is C21H38O4Si. The second-order valence-electron chi connectivity index (χ2n) is 8.83. The molecule has 0 unspecified atom stereocenters. The minimum atomic E-state index is -1.79. The van der Waals surface area contributed by atoms with Gasteiger partial charge >= 0.3 is 0 Å². The molecule has 0 saturated heterocycles. The van der Waals surface area contributed by atoms with E-state index >= 15 is 0 Å². The molecule has 0 bridgehead atoms. The molecule has 0 aliphatic carbocycles. The predicted octanol–water partition coefficient (Wildman–Crippen LogP) is 4.87. The Morgan fingerprint density at radius 3 is 2.08 bits per heavy atom. The van der Waals surface area contributed by atoms with E-state index in [9.17, 15) is 5.11 Å². The fourth-order valence-corrected chi connectivity index (χ4v) is 3.67. The largest absolute Gasteiger partial charge is 0.497 e. The number of aliphatic hydroxyl groups excluding tert-OH is 1. The number of hydrogen-bond donors (Lipinski definition) is 1. The minimum absolute atomic E-state index is 0.0492. The molecule has 0 aromatic heterocycles. The molecule has 150 valence electrons. The number of aliphatic hydroxyl groups is 1. The van der Waals surface area contributed by atoms with Gasteiger partial charge in [-0.1, -0.05) is 46.8 Å². The molecule has 26 heavy (non-hydrogen) atoms. The topological polar surface area (TPSA) is 47.9 Å². The maximum Gasteiger partial charge on any atom is 0.191 e. The van der Waals surface area contributed by atoms with Crippen LogP contribution in [0.25, 0.3) is 0 Å². The lowest BCUT2D eigenvalue weighted by Gasteiger charge is -2.38. The van der Waals surface area contributed by atoms with E-state index in [0.717, 1.165) is 11.3 Å². The summed E-state index contributed by atoms with van der Waals surface area (Å²) in [7, 11) is -0.127. The third-order valence-electron chi connectivity index (χ3n) is 5.52. The van der Waals surface area contributed by atoms with Crippen LogP contribution in [0.2, 0.25) is 18.1 Å². The minimum Gasteiger partial charge on any atom is -0.497 e. The van der Waals surface area contributed by atoms with Crippen LogP contribution < -0.4 is 4.74 Å². The molecule has 1 N–H and O–H groups in total. The maximum atomic E-state index is 9.65. The summed E-state index contributed by atoms with van der Waals surface area (Å²) in [6.07, 6.45) is -0.0492. The van der Waals surface area contributed by atoms with Crippen molar-refractivity contribution in [2.24, 2.45) is 11.8 Å². The average Bonchev–Trinajstić information content (AvgIpc) is 2.59. The van der Waals surface area contributed by atoms with Gasteiger partial charge in [0, 0.05) is 25.0 Å². The van der Waals surface area contributed by atoms with E-state index in [1.165, 1.54) is 0 Å². The predicted molar refractivity (Wildman–Crippen MR) is 110 cm³/mol. The lowest BCUT2D eigenvalue weighted by atomic mass is 9.94. The first-order chi connectivity index (χ1) is 12.0. The second kappa shape index (κ2) is 9.88. The smallest absolute Gasteiger partial charge is 0.191 e. The number of benzene rings is 1. The van der Waals surface area contributed by atoms with Crippen LogP contribution in [0.1, 0.15) is 40.2 Å². The SMILES string of the molecule is COc1ccc(CO[C@@H]([C@@H](C)CO)[C@@H](C)CO[Si](C)(C)C(C)(C)C)cc1. The Labute approximate surface area is 161 Å². The van der Waals surface area contributed by atoms with Crippen molar-refractivity contribution in [2.75, 3.05) is 20.3 Å². The first kappa shape index (κ1) is 23.2. The molecule has 3 atom stereocenters. The standard InChI is InChI=1S/C21H38O4Si/c1-16(13-22)20(17(2)14-25-26(7,8)21(3,4)5)24-15-18-9-11-19(23-6)12-10-18/h9-12,16-17,20,22H,13-15H2,1-8H3/t16-,17-,20-/m0/s1. The third-order valence-corrected chi connectivity index (χ3v) is 10.0. The molecule has 0 heterocycles. The molecule has 1 aromatic rings. The third kappa shape index (κ3) is 6.69. The van der Waals surface area contributed by atoms with Crippen molar-refractivity contribution in [1.82, 2.24) is 0 Å². The van der Waals surface area contributed by atoms with Crippen LogP contribution in [0.5, 0.6) is 5.75 Å². The van der Waals surface area contributed by atoms with Crippen molar-refractivity contribution >= 4 is 8.32 Å². The first-order valence-electron chi connectivity index (χ1n) is 9.51. The Bertz CT molecular complexity index is 522. The summed E-state index contributed by atoms with van der Waals surface area (Å²) >= 11 is 0. The lowest BCUT2D eigenvalue weighted by molar-refractivity contribution is -0.0521. The fraction of sp³-hybridized carbons (Fsp3) is 0.714. The van der Waals surface area contributed by atoms with Crippen molar-refractivity contribution in [3.05, 3.63) is 29.8 Å². The summed E-state index contributed by atoms with van der Waals surface area (Å²) in [5, 5.41) is 9.84.